The summed E-state index contributed by atoms with van der Waals surface area (Å²) >= 11 is 0. The fourth-order valence-electron chi connectivity index (χ4n) is 2.54. The lowest BCUT2D eigenvalue weighted by molar-refractivity contribution is 0.0933. The number of fused-ring (bicyclic) bond motifs is 1. The van der Waals surface area contributed by atoms with Crippen LogP contribution in [0.15, 0.2) is 42.5 Å². The number of aryl methyl sites for hydroxylation is 1. The molecule has 3 rings (SSSR count). The van der Waals surface area contributed by atoms with Crippen molar-refractivity contribution in [1.82, 2.24) is 0 Å². The number of ether oxygens (including phenoxy) is 1. The number of Topliss-reactive ketones (excluding diaryl/α,β-unsaturated/α-hetero) is 1. The van der Waals surface area contributed by atoms with Gasteiger partial charge in [-0.3, -0.25) is 4.79 Å². The SMILES string of the molecule is CCc1ccccc1-c1ccc2c(c1)C(=O)CCO2. The second kappa shape index (κ2) is 4.88. The number of hydrogen-bond acceptors (Lipinski definition) is 2. The second-order valence-electron chi connectivity index (χ2n) is 4.74. The first-order valence-electron chi connectivity index (χ1n) is 6.68. The van der Waals surface area contributed by atoms with E-state index in [1.165, 1.54) is 11.1 Å². The average molecular weight is 252 g/mol. The average Bonchev–Trinajstić information content (AvgIpc) is 2.47. The Morgan fingerprint density at radius 1 is 1.11 bits per heavy atom. The minimum atomic E-state index is 0.178. The van der Waals surface area contributed by atoms with E-state index in [-0.39, 0.29) is 5.78 Å². The molecule has 0 fully saturated rings. The third-order valence-corrected chi connectivity index (χ3v) is 3.58. The van der Waals surface area contributed by atoms with Crippen LogP contribution in [-0.4, -0.2) is 12.4 Å². The Hall–Kier alpha value is -2.09. The van der Waals surface area contributed by atoms with E-state index in [2.05, 4.69) is 25.1 Å². The van der Waals surface area contributed by atoms with Crippen LogP contribution in [0.1, 0.15) is 29.3 Å². The molecule has 2 heteroatoms. The number of carbonyl (C=O) groups is 1. The van der Waals surface area contributed by atoms with Gasteiger partial charge < -0.3 is 4.74 Å². The van der Waals surface area contributed by atoms with Gasteiger partial charge in [-0.25, -0.2) is 0 Å². The van der Waals surface area contributed by atoms with E-state index < -0.39 is 0 Å². The van der Waals surface area contributed by atoms with E-state index in [9.17, 15) is 4.79 Å². The topological polar surface area (TPSA) is 26.3 Å². The Bertz CT molecular complexity index is 629. The summed E-state index contributed by atoms with van der Waals surface area (Å²) in [5.74, 6) is 0.894. The van der Waals surface area contributed by atoms with Crippen molar-refractivity contribution in [1.29, 1.82) is 0 Å². The molecular formula is C17H16O2. The van der Waals surface area contributed by atoms with E-state index in [4.69, 9.17) is 4.74 Å². The molecule has 0 saturated carbocycles. The summed E-state index contributed by atoms with van der Waals surface area (Å²) in [4.78, 5) is 11.9. The zero-order chi connectivity index (χ0) is 13.2. The maximum Gasteiger partial charge on any atom is 0.170 e. The largest absolute Gasteiger partial charge is 0.492 e. The van der Waals surface area contributed by atoms with E-state index in [1.54, 1.807) is 0 Å². The van der Waals surface area contributed by atoms with Crippen molar-refractivity contribution in [3.8, 4) is 16.9 Å². The van der Waals surface area contributed by atoms with E-state index >= 15 is 0 Å². The molecule has 1 heterocycles. The lowest BCUT2D eigenvalue weighted by atomic mass is 9.94. The molecular weight excluding hydrogens is 236 g/mol. The summed E-state index contributed by atoms with van der Waals surface area (Å²) in [6.07, 6.45) is 1.46. The smallest absolute Gasteiger partial charge is 0.170 e. The summed E-state index contributed by atoms with van der Waals surface area (Å²) in [7, 11) is 0. The molecule has 19 heavy (non-hydrogen) atoms. The number of hydrogen-bond donors (Lipinski definition) is 0. The van der Waals surface area contributed by atoms with Gasteiger partial charge in [0, 0.05) is 6.42 Å². The molecule has 0 aliphatic carbocycles. The molecule has 1 aliphatic heterocycles. The van der Waals surface area contributed by atoms with Crippen molar-refractivity contribution in [2.45, 2.75) is 19.8 Å². The normalized spacial score (nSPS) is 13.8. The van der Waals surface area contributed by atoms with Crippen LogP contribution in [0.25, 0.3) is 11.1 Å². The van der Waals surface area contributed by atoms with Gasteiger partial charge in [0.1, 0.15) is 5.75 Å². The molecule has 0 radical (unpaired) electrons. The third-order valence-electron chi connectivity index (χ3n) is 3.58. The molecule has 1 aliphatic rings. The monoisotopic (exact) mass is 252 g/mol. The predicted octanol–water partition coefficient (Wildman–Crippen LogP) is 3.88. The lowest BCUT2D eigenvalue weighted by Gasteiger charge is -2.17. The van der Waals surface area contributed by atoms with Gasteiger partial charge in [0.05, 0.1) is 12.2 Å². The quantitative estimate of drug-likeness (QED) is 0.810. The van der Waals surface area contributed by atoms with Crippen molar-refractivity contribution in [2.24, 2.45) is 0 Å². The van der Waals surface area contributed by atoms with Crippen molar-refractivity contribution < 1.29 is 9.53 Å². The highest BCUT2D eigenvalue weighted by molar-refractivity contribution is 6.00. The maximum atomic E-state index is 11.9. The number of ketones is 1. The highest BCUT2D eigenvalue weighted by Gasteiger charge is 2.19. The Labute approximate surface area is 113 Å². The van der Waals surface area contributed by atoms with E-state index in [0.717, 1.165) is 17.5 Å². The molecule has 2 aromatic carbocycles. The molecule has 0 N–H and O–H groups in total. The van der Waals surface area contributed by atoms with Crippen LogP contribution < -0.4 is 4.74 Å². The van der Waals surface area contributed by atoms with Gasteiger partial charge in [-0.15, -0.1) is 0 Å². The summed E-state index contributed by atoms with van der Waals surface area (Å²) in [6.45, 7) is 2.64. The van der Waals surface area contributed by atoms with Crippen LogP contribution in [0.5, 0.6) is 5.75 Å². The minimum absolute atomic E-state index is 0.178. The van der Waals surface area contributed by atoms with Crippen molar-refractivity contribution >= 4 is 5.78 Å². The minimum Gasteiger partial charge on any atom is -0.492 e. The fraction of sp³-hybridized carbons (Fsp3) is 0.235. The molecule has 0 atom stereocenters. The zero-order valence-corrected chi connectivity index (χ0v) is 11.0. The Morgan fingerprint density at radius 2 is 1.95 bits per heavy atom. The molecule has 96 valence electrons. The summed E-state index contributed by atoms with van der Waals surface area (Å²) in [6, 6.07) is 14.2. The molecule has 0 unspecified atom stereocenters. The predicted molar refractivity (Wildman–Crippen MR) is 75.7 cm³/mol. The van der Waals surface area contributed by atoms with Crippen LogP contribution in [0.4, 0.5) is 0 Å². The van der Waals surface area contributed by atoms with Gasteiger partial charge in [0.2, 0.25) is 0 Å². The third kappa shape index (κ3) is 2.14. The summed E-state index contributed by atoms with van der Waals surface area (Å²) in [5.41, 5.74) is 4.31. The van der Waals surface area contributed by atoms with E-state index in [0.29, 0.717) is 18.8 Å². The van der Waals surface area contributed by atoms with Crippen molar-refractivity contribution in [2.75, 3.05) is 6.61 Å². The Balaban J connectivity index is 2.11. The second-order valence-corrected chi connectivity index (χ2v) is 4.74. The van der Waals surface area contributed by atoms with Gasteiger partial charge in [0.25, 0.3) is 0 Å². The van der Waals surface area contributed by atoms with Gasteiger partial charge in [-0.1, -0.05) is 37.3 Å². The molecule has 0 aromatic heterocycles. The highest BCUT2D eigenvalue weighted by atomic mass is 16.5. The molecule has 0 spiro atoms. The van der Waals surface area contributed by atoms with Crippen LogP contribution >= 0.6 is 0 Å². The standard InChI is InChI=1S/C17H16O2/c1-2-12-5-3-4-6-14(12)13-7-8-17-15(11-13)16(18)9-10-19-17/h3-8,11H,2,9-10H2,1H3. The van der Waals surface area contributed by atoms with Crippen molar-refractivity contribution in [3.63, 3.8) is 0 Å². The summed E-state index contributed by atoms with van der Waals surface area (Å²) < 4.78 is 5.52. The lowest BCUT2D eigenvalue weighted by Crippen LogP contribution is -2.15. The Kier molecular flexibility index (Phi) is 3.08. The van der Waals surface area contributed by atoms with E-state index in [1.807, 2.05) is 24.3 Å². The van der Waals surface area contributed by atoms with Gasteiger partial charge in [-0.2, -0.15) is 0 Å². The van der Waals surface area contributed by atoms with Crippen LogP contribution in [0, 0.1) is 0 Å². The first-order chi connectivity index (χ1) is 9.29. The van der Waals surface area contributed by atoms with Crippen LogP contribution in [-0.2, 0) is 6.42 Å². The molecule has 0 bridgehead atoms. The van der Waals surface area contributed by atoms with Gasteiger partial charge in [-0.05, 0) is 35.2 Å². The first-order valence-corrected chi connectivity index (χ1v) is 6.68. The zero-order valence-electron chi connectivity index (χ0n) is 11.0. The number of benzene rings is 2. The molecule has 0 amide bonds. The molecule has 2 aromatic rings. The van der Waals surface area contributed by atoms with Crippen LogP contribution in [0.2, 0.25) is 0 Å². The fourth-order valence-corrected chi connectivity index (χ4v) is 2.54. The van der Waals surface area contributed by atoms with Crippen LogP contribution in [0.3, 0.4) is 0 Å². The maximum absolute atomic E-state index is 11.9. The van der Waals surface area contributed by atoms with Crippen molar-refractivity contribution in [3.05, 3.63) is 53.6 Å². The van der Waals surface area contributed by atoms with Gasteiger partial charge in [0.15, 0.2) is 5.78 Å². The summed E-state index contributed by atoms with van der Waals surface area (Å²) in [5, 5.41) is 0. The molecule has 2 nitrogen and oxygen atoms in total. The Morgan fingerprint density at radius 3 is 2.79 bits per heavy atom. The highest BCUT2D eigenvalue weighted by Crippen LogP contribution is 2.31. The number of rotatable bonds is 2. The first kappa shape index (κ1) is 12.0. The number of carbonyl (C=O) groups excluding carboxylic acids is 1. The van der Waals surface area contributed by atoms with Gasteiger partial charge >= 0.3 is 0 Å². The molecule has 0 saturated heterocycles.